The van der Waals surface area contributed by atoms with Gasteiger partial charge in [0.25, 0.3) is 0 Å². The first-order valence-corrected chi connectivity index (χ1v) is 7.82. The average Bonchev–Trinajstić information content (AvgIpc) is 3.05. The van der Waals surface area contributed by atoms with Gasteiger partial charge in [0.1, 0.15) is 0 Å². The zero-order valence-corrected chi connectivity index (χ0v) is 12.5. The minimum Gasteiger partial charge on any atom is -0.317 e. The molecule has 106 valence electrons. The number of likely N-dealkylation sites (N-methyl/N-ethyl adjacent to an activating group) is 1. The fraction of sp³-hybridized carbons (Fsp3) is 0.812. The summed E-state index contributed by atoms with van der Waals surface area (Å²) in [6.45, 7) is 2.08. The third-order valence-corrected chi connectivity index (χ3v) is 5.43. The van der Waals surface area contributed by atoms with Gasteiger partial charge in [0.2, 0.25) is 0 Å². The van der Waals surface area contributed by atoms with Crippen molar-refractivity contribution in [2.45, 2.75) is 51.5 Å². The van der Waals surface area contributed by atoms with Crippen molar-refractivity contribution in [2.24, 2.45) is 24.8 Å². The molecule has 0 saturated heterocycles. The first-order valence-electron chi connectivity index (χ1n) is 7.82. The summed E-state index contributed by atoms with van der Waals surface area (Å²) < 4.78 is 2.04. The van der Waals surface area contributed by atoms with Crippen LogP contribution in [-0.4, -0.2) is 22.9 Å². The second kappa shape index (κ2) is 5.28. The van der Waals surface area contributed by atoms with Crippen molar-refractivity contribution in [1.82, 2.24) is 15.1 Å². The van der Waals surface area contributed by atoms with E-state index in [1.165, 1.54) is 37.8 Å². The molecule has 0 amide bonds. The van der Waals surface area contributed by atoms with E-state index in [1.807, 2.05) is 4.68 Å². The molecule has 2 bridgehead atoms. The lowest BCUT2D eigenvalue weighted by Gasteiger charge is -2.26. The predicted octanol–water partition coefficient (Wildman–Crippen LogP) is 2.69. The third kappa shape index (κ3) is 2.71. The van der Waals surface area contributed by atoms with Gasteiger partial charge in [-0.05, 0) is 63.5 Å². The fourth-order valence-corrected chi connectivity index (χ4v) is 4.44. The average molecular weight is 261 g/mol. The Hall–Kier alpha value is -0.830. The second-order valence-corrected chi connectivity index (χ2v) is 6.76. The maximum atomic E-state index is 4.46. The highest BCUT2D eigenvalue weighted by Crippen LogP contribution is 2.49. The molecule has 1 aromatic rings. The smallest absolute Gasteiger partial charge is 0.0596 e. The van der Waals surface area contributed by atoms with Crippen LogP contribution >= 0.6 is 0 Å². The molecule has 4 unspecified atom stereocenters. The van der Waals surface area contributed by atoms with E-state index < -0.39 is 0 Å². The van der Waals surface area contributed by atoms with Crippen LogP contribution in [0.2, 0.25) is 0 Å². The first-order chi connectivity index (χ1) is 9.15. The zero-order chi connectivity index (χ0) is 13.4. The van der Waals surface area contributed by atoms with E-state index in [1.54, 1.807) is 0 Å². The molecule has 3 nitrogen and oxygen atoms in total. The Morgan fingerprint density at radius 2 is 2.26 bits per heavy atom. The molecule has 1 N–H and O–H groups in total. The van der Waals surface area contributed by atoms with E-state index >= 15 is 0 Å². The van der Waals surface area contributed by atoms with Crippen LogP contribution in [0.1, 0.15) is 43.5 Å². The maximum Gasteiger partial charge on any atom is 0.0596 e. The highest BCUT2D eigenvalue weighted by molar-refractivity contribution is 5.10. The summed E-state index contributed by atoms with van der Waals surface area (Å²) in [6, 6.07) is 2.84. The third-order valence-electron chi connectivity index (χ3n) is 5.43. The number of aryl methyl sites for hydroxylation is 2. The molecule has 0 aromatic carbocycles. The summed E-state index contributed by atoms with van der Waals surface area (Å²) in [7, 11) is 4.17. The van der Waals surface area contributed by atoms with E-state index in [0.717, 1.165) is 29.9 Å². The molecule has 2 saturated carbocycles. The van der Waals surface area contributed by atoms with E-state index in [4.69, 9.17) is 0 Å². The maximum absolute atomic E-state index is 4.46. The number of fused-ring (bicyclic) bond motifs is 2. The topological polar surface area (TPSA) is 29.9 Å². The normalized spacial score (nSPS) is 31.0. The minimum absolute atomic E-state index is 0.610. The van der Waals surface area contributed by atoms with Gasteiger partial charge in [0, 0.05) is 25.2 Å². The van der Waals surface area contributed by atoms with Gasteiger partial charge in [0.05, 0.1) is 5.69 Å². The van der Waals surface area contributed by atoms with Crippen LogP contribution in [0.5, 0.6) is 0 Å². The minimum atomic E-state index is 0.610. The Morgan fingerprint density at radius 3 is 2.79 bits per heavy atom. The molecular weight excluding hydrogens is 234 g/mol. The van der Waals surface area contributed by atoms with Crippen LogP contribution in [0.4, 0.5) is 0 Å². The van der Waals surface area contributed by atoms with Crippen molar-refractivity contribution in [3.8, 4) is 0 Å². The number of rotatable bonds is 5. The van der Waals surface area contributed by atoms with E-state index in [2.05, 4.69) is 37.5 Å². The zero-order valence-electron chi connectivity index (χ0n) is 12.5. The molecule has 1 aromatic heterocycles. The van der Waals surface area contributed by atoms with Crippen molar-refractivity contribution < 1.29 is 0 Å². The molecule has 3 heteroatoms. The first kappa shape index (κ1) is 13.2. The quantitative estimate of drug-likeness (QED) is 0.883. The number of hydrogen-bond acceptors (Lipinski definition) is 2. The molecule has 2 fully saturated rings. The summed E-state index contributed by atoms with van der Waals surface area (Å²) >= 11 is 0. The van der Waals surface area contributed by atoms with Crippen LogP contribution < -0.4 is 5.32 Å². The van der Waals surface area contributed by atoms with Crippen molar-refractivity contribution in [3.63, 3.8) is 0 Å². The predicted molar refractivity (Wildman–Crippen MR) is 78.1 cm³/mol. The van der Waals surface area contributed by atoms with Gasteiger partial charge in [-0.2, -0.15) is 5.10 Å². The highest BCUT2D eigenvalue weighted by atomic mass is 15.3. The molecule has 3 rings (SSSR count). The summed E-state index contributed by atoms with van der Waals surface area (Å²) in [5.41, 5.74) is 2.49. The number of aromatic nitrogens is 2. The standard InChI is InChI=1S/C16H27N3/c1-11-6-16(19(3)18-11)10-15(17-2)9-14-8-12-4-5-13(14)7-12/h6,12-15,17H,4-5,7-10H2,1-3H3. The number of nitrogens with one attached hydrogen (secondary N) is 1. The van der Waals surface area contributed by atoms with E-state index in [0.29, 0.717) is 6.04 Å². The Balaban J connectivity index is 1.60. The summed E-state index contributed by atoms with van der Waals surface area (Å²) in [5.74, 6) is 3.08. The lowest BCUT2D eigenvalue weighted by Crippen LogP contribution is -2.32. The van der Waals surface area contributed by atoms with Gasteiger partial charge >= 0.3 is 0 Å². The van der Waals surface area contributed by atoms with Crippen molar-refractivity contribution in [3.05, 3.63) is 17.5 Å². The van der Waals surface area contributed by atoms with Crippen LogP contribution in [0.15, 0.2) is 6.07 Å². The Bertz CT molecular complexity index is 437. The van der Waals surface area contributed by atoms with Crippen LogP contribution in [0.25, 0.3) is 0 Å². The van der Waals surface area contributed by atoms with E-state index in [-0.39, 0.29) is 0 Å². The van der Waals surface area contributed by atoms with Crippen molar-refractivity contribution in [1.29, 1.82) is 0 Å². The second-order valence-electron chi connectivity index (χ2n) is 6.76. The van der Waals surface area contributed by atoms with Crippen LogP contribution in [-0.2, 0) is 13.5 Å². The van der Waals surface area contributed by atoms with Gasteiger partial charge in [0.15, 0.2) is 0 Å². The molecule has 0 aliphatic heterocycles. The summed E-state index contributed by atoms with van der Waals surface area (Å²) in [6.07, 6.45) is 8.48. The molecular formula is C16H27N3. The lowest BCUT2D eigenvalue weighted by molar-refractivity contribution is 0.280. The van der Waals surface area contributed by atoms with Gasteiger partial charge in [-0.15, -0.1) is 0 Å². The van der Waals surface area contributed by atoms with Crippen molar-refractivity contribution in [2.75, 3.05) is 7.05 Å². The number of hydrogen-bond donors (Lipinski definition) is 1. The molecule has 19 heavy (non-hydrogen) atoms. The SMILES string of the molecule is CNC(Cc1cc(C)nn1C)CC1CC2CCC1C2. The van der Waals surface area contributed by atoms with Crippen LogP contribution in [0, 0.1) is 24.7 Å². The molecule has 0 spiro atoms. The molecule has 2 aliphatic carbocycles. The Kier molecular flexibility index (Phi) is 3.66. The molecule has 2 aliphatic rings. The Morgan fingerprint density at radius 1 is 1.42 bits per heavy atom. The van der Waals surface area contributed by atoms with Gasteiger partial charge in [-0.3, -0.25) is 4.68 Å². The molecule has 4 atom stereocenters. The largest absolute Gasteiger partial charge is 0.317 e. The molecule has 0 radical (unpaired) electrons. The van der Waals surface area contributed by atoms with Gasteiger partial charge in [-0.25, -0.2) is 0 Å². The lowest BCUT2D eigenvalue weighted by atomic mass is 9.83. The summed E-state index contributed by atoms with van der Waals surface area (Å²) in [4.78, 5) is 0. The van der Waals surface area contributed by atoms with Crippen LogP contribution in [0.3, 0.4) is 0 Å². The monoisotopic (exact) mass is 261 g/mol. The van der Waals surface area contributed by atoms with E-state index in [9.17, 15) is 0 Å². The van der Waals surface area contributed by atoms with Gasteiger partial charge in [-0.1, -0.05) is 6.42 Å². The Labute approximate surface area is 116 Å². The van der Waals surface area contributed by atoms with Gasteiger partial charge < -0.3 is 5.32 Å². The van der Waals surface area contributed by atoms with Crippen molar-refractivity contribution >= 4 is 0 Å². The highest BCUT2D eigenvalue weighted by Gasteiger charge is 2.39. The molecule has 1 heterocycles. The summed E-state index contributed by atoms with van der Waals surface area (Å²) in [5, 5.41) is 7.99. The fourth-order valence-electron chi connectivity index (χ4n) is 4.44. The number of nitrogens with zero attached hydrogens (tertiary/aromatic N) is 2.